The number of hydrogen-bond donors (Lipinski definition) is 0. The lowest BCUT2D eigenvalue weighted by atomic mass is 10.1. The van der Waals surface area contributed by atoms with Crippen molar-refractivity contribution >= 4 is 22.9 Å². The molecule has 1 aromatic carbocycles. The van der Waals surface area contributed by atoms with Gasteiger partial charge in [-0.15, -0.1) is 11.3 Å². The van der Waals surface area contributed by atoms with E-state index in [0.29, 0.717) is 0 Å². The van der Waals surface area contributed by atoms with Crippen LogP contribution in [0.15, 0.2) is 54.9 Å². The van der Waals surface area contributed by atoms with Gasteiger partial charge in [-0.05, 0) is 47.9 Å². The average Bonchev–Trinajstić information content (AvgIpc) is 2.97. The number of hydrogen-bond acceptors (Lipinski definition) is 2. The van der Waals surface area contributed by atoms with Gasteiger partial charge in [0.2, 0.25) is 0 Å². The van der Waals surface area contributed by atoms with Crippen LogP contribution in [0.4, 0.5) is 0 Å². The summed E-state index contributed by atoms with van der Waals surface area (Å²) in [4.78, 5) is 6.77. The van der Waals surface area contributed by atoms with Gasteiger partial charge in [-0.1, -0.05) is 30.7 Å². The van der Waals surface area contributed by atoms with Crippen molar-refractivity contribution in [3.63, 3.8) is 0 Å². The first-order valence-electron chi connectivity index (χ1n) is 6.57. The number of benzene rings is 1. The fraction of sp³-hybridized carbons (Fsp3) is 0.118. The normalized spacial score (nSPS) is 10.7. The maximum Gasteiger partial charge on any atom is 0.0406 e. The van der Waals surface area contributed by atoms with Crippen molar-refractivity contribution in [2.45, 2.75) is 13.3 Å². The number of halogens is 1. The molecule has 0 amide bonds. The van der Waals surface area contributed by atoms with Crippen molar-refractivity contribution in [3.05, 3.63) is 65.4 Å². The maximum absolute atomic E-state index is 5.93. The molecule has 0 saturated heterocycles. The van der Waals surface area contributed by atoms with Gasteiger partial charge in [0, 0.05) is 32.7 Å². The standard InChI is InChI=1S/C17H14ClNS/c1-2-12-9-10-19-11-15(12)17-8-7-16(20-17)13-3-5-14(18)6-4-13/h3-11H,2H2,1H3. The molecule has 0 aliphatic heterocycles. The lowest BCUT2D eigenvalue weighted by molar-refractivity contribution is 1.12. The van der Waals surface area contributed by atoms with E-state index < -0.39 is 0 Å². The van der Waals surface area contributed by atoms with Gasteiger partial charge in [-0.3, -0.25) is 4.98 Å². The smallest absolute Gasteiger partial charge is 0.0406 e. The number of rotatable bonds is 3. The summed E-state index contributed by atoms with van der Waals surface area (Å²) in [5, 5.41) is 0.769. The summed E-state index contributed by atoms with van der Waals surface area (Å²) < 4.78 is 0. The van der Waals surface area contributed by atoms with Crippen LogP contribution < -0.4 is 0 Å². The fourth-order valence-corrected chi connectivity index (χ4v) is 3.39. The van der Waals surface area contributed by atoms with Gasteiger partial charge < -0.3 is 0 Å². The number of thiophene rings is 1. The monoisotopic (exact) mass is 299 g/mol. The highest BCUT2D eigenvalue weighted by molar-refractivity contribution is 7.18. The summed E-state index contributed by atoms with van der Waals surface area (Å²) >= 11 is 7.73. The van der Waals surface area contributed by atoms with Crippen LogP contribution >= 0.6 is 22.9 Å². The molecule has 0 saturated carbocycles. The van der Waals surface area contributed by atoms with Crippen molar-refractivity contribution in [1.82, 2.24) is 4.98 Å². The van der Waals surface area contributed by atoms with Gasteiger partial charge in [0.1, 0.15) is 0 Å². The summed E-state index contributed by atoms with van der Waals surface area (Å²) in [5.41, 5.74) is 3.78. The molecule has 0 radical (unpaired) electrons. The Bertz CT molecular complexity index is 716. The highest BCUT2D eigenvalue weighted by atomic mass is 35.5. The molecule has 0 unspecified atom stereocenters. The SMILES string of the molecule is CCc1ccncc1-c1ccc(-c2ccc(Cl)cc2)s1. The van der Waals surface area contributed by atoms with Crippen molar-refractivity contribution in [2.24, 2.45) is 0 Å². The lowest BCUT2D eigenvalue weighted by Crippen LogP contribution is -1.86. The minimum atomic E-state index is 0.769. The molecule has 0 N–H and O–H groups in total. The first-order valence-corrected chi connectivity index (χ1v) is 7.76. The molecule has 0 aliphatic carbocycles. The molecule has 3 aromatic rings. The van der Waals surface area contributed by atoms with Crippen LogP contribution in [0.5, 0.6) is 0 Å². The average molecular weight is 300 g/mol. The van der Waals surface area contributed by atoms with Crippen LogP contribution in [0, 0.1) is 0 Å². The third-order valence-corrected chi connectivity index (χ3v) is 4.71. The Morgan fingerprint density at radius 3 is 2.50 bits per heavy atom. The van der Waals surface area contributed by atoms with E-state index in [2.05, 4.69) is 42.2 Å². The van der Waals surface area contributed by atoms with E-state index in [9.17, 15) is 0 Å². The Balaban J connectivity index is 2.00. The zero-order valence-corrected chi connectivity index (χ0v) is 12.7. The van der Waals surface area contributed by atoms with Crippen LogP contribution in [-0.2, 0) is 6.42 Å². The van der Waals surface area contributed by atoms with E-state index in [1.165, 1.54) is 26.4 Å². The summed E-state index contributed by atoms with van der Waals surface area (Å²) in [5.74, 6) is 0. The molecule has 1 nitrogen and oxygen atoms in total. The van der Waals surface area contributed by atoms with Crippen LogP contribution in [0.1, 0.15) is 12.5 Å². The fourth-order valence-electron chi connectivity index (χ4n) is 2.21. The molecule has 0 atom stereocenters. The largest absolute Gasteiger partial charge is 0.264 e. The Kier molecular flexibility index (Phi) is 3.86. The van der Waals surface area contributed by atoms with E-state index in [-0.39, 0.29) is 0 Å². The number of aryl methyl sites for hydroxylation is 1. The first kappa shape index (κ1) is 13.3. The highest BCUT2D eigenvalue weighted by Gasteiger charge is 2.08. The number of nitrogens with zero attached hydrogens (tertiary/aromatic N) is 1. The highest BCUT2D eigenvalue weighted by Crippen LogP contribution is 2.36. The van der Waals surface area contributed by atoms with E-state index in [0.717, 1.165) is 11.4 Å². The van der Waals surface area contributed by atoms with Crippen LogP contribution in [-0.4, -0.2) is 4.98 Å². The Labute approximate surface area is 127 Å². The zero-order valence-electron chi connectivity index (χ0n) is 11.1. The second-order valence-corrected chi connectivity index (χ2v) is 6.08. The summed E-state index contributed by atoms with van der Waals surface area (Å²) in [6.45, 7) is 2.17. The van der Waals surface area contributed by atoms with Gasteiger partial charge in [-0.25, -0.2) is 0 Å². The molecule has 2 heterocycles. The molecular weight excluding hydrogens is 286 g/mol. The molecule has 100 valence electrons. The molecule has 0 bridgehead atoms. The van der Waals surface area contributed by atoms with Crippen LogP contribution in [0.2, 0.25) is 5.02 Å². The van der Waals surface area contributed by atoms with E-state index in [1.807, 2.05) is 24.5 Å². The number of aromatic nitrogens is 1. The first-order chi connectivity index (χ1) is 9.78. The predicted molar refractivity (Wildman–Crippen MR) is 87.4 cm³/mol. The summed E-state index contributed by atoms with van der Waals surface area (Å²) in [6.07, 6.45) is 4.83. The maximum atomic E-state index is 5.93. The third-order valence-electron chi connectivity index (χ3n) is 3.29. The molecule has 0 fully saturated rings. The Morgan fingerprint density at radius 1 is 1.00 bits per heavy atom. The molecule has 20 heavy (non-hydrogen) atoms. The minimum Gasteiger partial charge on any atom is -0.264 e. The molecular formula is C17H14ClNS. The quantitative estimate of drug-likeness (QED) is 0.605. The van der Waals surface area contributed by atoms with Gasteiger partial charge in [0.05, 0.1) is 0 Å². The molecule has 3 rings (SSSR count). The minimum absolute atomic E-state index is 0.769. The van der Waals surface area contributed by atoms with Crippen LogP contribution in [0.25, 0.3) is 20.9 Å². The summed E-state index contributed by atoms with van der Waals surface area (Å²) in [7, 11) is 0. The molecule has 0 spiro atoms. The summed E-state index contributed by atoms with van der Waals surface area (Å²) in [6, 6.07) is 14.4. The number of pyridine rings is 1. The Hall–Kier alpha value is -1.64. The lowest BCUT2D eigenvalue weighted by Gasteiger charge is -2.04. The molecule has 0 aliphatic rings. The molecule has 3 heteroatoms. The van der Waals surface area contributed by atoms with Gasteiger partial charge in [0.15, 0.2) is 0 Å². The second kappa shape index (κ2) is 5.78. The van der Waals surface area contributed by atoms with E-state index in [1.54, 1.807) is 11.3 Å². The zero-order chi connectivity index (χ0) is 13.9. The van der Waals surface area contributed by atoms with Crippen molar-refractivity contribution in [3.8, 4) is 20.9 Å². The van der Waals surface area contributed by atoms with Crippen molar-refractivity contribution in [2.75, 3.05) is 0 Å². The van der Waals surface area contributed by atoms with Crippen molar-refractivity contribution < 1.29 is 0 Å². The van der Waals surface area contributed by atoms with Gasteiger partial charge in [0.25, 0.3) is 0 Å². The third kappa shape index (κ3) is 2.62. The Morgan fingerprint density at radius 2 is 1.75 bits per heavy atom. The predicted octanol–water partition coefficient (Wildman–Crippen LogP) is 5.69. The van der Waals surface area contributed by atoms with Crippen molar-refractivity contribution in [1.29, 1.82) is 0 Å². The molecule has 2 aromatic heterocycles. The second-order valence-electron chi connectivity index (χ2n) is 4.56. The van der Waals surface area contributed by atoms with Gasteiger partial charge in [-0.2, -0.15) is 0 Å². The van der Waals surface area contributed by atoms with Gasteiger partial charge >= 0.3 is 0 Å². The van der Waals surface area contributed by atoms with E-state index in [4.69, 9.17) is 11.6 Å². The topological polar surface area (TPSA) is 12.9 Å². The van der Waals surface area contributed by atoms with Crippen LogP contribution in [0.3, 0.4) is 0 Å². The van der Waals surface area contributed by atoms with E-state index >= 15 is 0 Å².